The average molecular weight is 328 g/mol. The number of hydrogen-bond donors (Lipinski definition) is 2. The van der Waals surface area contributed by atoms with E-state index in [4.69, 9.17) is 0 Å². The molecule has 1 aromatic heterocycles. The Morgan fingerprint density at radius 3 is 2.59 bits per heavy atom. The number of hydrogen-bond acceptors (Lipinski definition) is 3. The summed E-state index contributed by atoms with van der Waals surface area (Å²) in [5.74, 6) is 0. The van der Waals surface area contributed by atoms with E-state index in [2.05, 4.69) is 9.71 Å². The number of rotatable bonds is 4. The molecule has 0 saturated heterocycles. The van der Waals surface area contributed by atoms with Crippen molar-refractivity contribution in [3.63, 3.8) is 0 Å². The predicted octanol–water partition coefficient (Wildman–Crippen LogP) is 2.82. The molecule has 2 N–H and O–H groups in total. The predicted molar refractivity (Wildman–Crippen MR) is 86.3 cm³/mol. The molecule has 1 aliphatic rings. The molecule has 0 radical (unpaired) electrons. The quantitative estimate of drug-likeness (QED) is 0.893. The molecular weight excluding hydrogens is 303 g/mol. The number of nitrogens with one attached hydrogen (secondary N) is 1. The third-order valence-corrected chi connectivity index (χ3v) is 5.68. The molecule has 2 rings (SSSR count). The monoisotopic (exact) mass is 328 g/mol. The summed E-state index contributed by atoms with van der Waals surface area (Å²) in [4.78, 5) is 4.09. The molecule has 4 nitrogen and oxygen atoms in total. The van der Waals surface area contributed by atoms with Gasteiger partial charge in [0.1, 0.15) is 6.17 Å². The van der Waals surface area contributed by atoms with Gasteiger partial charge in [-0.3, -0.25) is 4.98 Å². The van der Waals surface area contributed by atoms with Crippen molar-refractivity contribution < 1.29 is 13.7 Å². The lowest BCUT2D eigenvalue weighted by atomic mass is 9.77. The molecule has 0 aliphatic heterocycles. The average Bonchev–Trinajstić information content (AvgIpc) is 2.47. The standard InChI is InChI=1S/C16H25FN2O2S/c1-15(2,3)22(21)19-14(12-5-4-10-18-11-12)16(20)8-6-13(17)7-9-16/h4-5,10-11,13-14,19-20H,6-9H2,1-3H3/t13?,14-,16?,22?/m0/s1. The molecular formula is C16H25FN2O2S. The molecule has 0 spiro atoms. The summed E-state index contributed by atoms with van der Waals surface area (Å²) >= 11 is 0. The van der Waals surface area contributed by atoms with Gasteiger partial charge in [-0.15, -0.1) is 0 Å². The van der Waals surface area contributed by atoms with E-state index in [9.17, 15) is 13.7 Å². The first-order valence-corrected chi connectivity index (χ1v) is 8.82. The smallest absolute Gasteiger partial charge is 0.100 e. The van der Waals surface area contributed by atoms with Gasteiger partial charge < -0.3 is 5.11 Å². The Kier molecular flexibility index (Phi) is 5.35. The Hall–Kier alpha value is -0.850. The van der Waals surface area contributed by atoms with Gasteiger partial charge in [-0.2, -0.15) is 0 Å². The molecule has 1 aromatic rings. The minimum atomic E-state index is -1.34. The maximum Gasteiger partial charge on any atom is 0.100 e. The van der Waals surface area contributed by atoms with Gasteiger partial charge in [0.25, 0.3) is 0 Å². The van der Waals surface area contributed by atoms with E-state index < -0.39 is 33.5 Å². The molecule has 1 saturated carbocycles. The lowest BCUT2D eigenvalue weighted by Crippen LogP contribution is -2.49. The Balaban J connectivity index is 2.28. The molecule has 2 atom stereocenters. The van der Waals surface area contributed by atoms with E-state index >= 15 is 0 Å². The van der Waals surface area contributed by atoms with Crippen molar-refractivity contribution in [1.29, 1.82) is 0 Å². The molecule has 1 unspecified atom stereocenters. The van der Waals surface area contributed by atoms with Crippen LogP contribution in [0.4, 0.5) is 4.39 Å². The minimum absolute atomic E-state index is 0.330. The lowest BCUT2D eigenvalue weighted by molar-refractivity contribution is -0.0405. The van der Waals surface area contributed by atoms with Crippen molar-refractivity contribution in [3.8, 4) is 0 Å². The number of alkyl halides is 1. The molecule has 124 valence electrons. The summed E-state index contributed by atoms with van der Waals surface area (Å²) in [5.41, 5.74) is -0.327. The summed E-state index contributed by atoms with van der Waals surface area (Å²) in [6.45, 7) is 5.62. The first-order chi connectivity index (χ1) is 10.2. The van der Waals surface area contributed by atoms with Crippen molar-refractivity contribution in [3.05, 3.63) is 30.1 Å². The van der Waals surface area contributed by atoms with Crippen LogP contribution >= 0.6 is 0 Å². The van der Waals surface area contributed by atoms with Gasteiger partial charge in [-0.05, 0) is 58.1 Å². The zero-order chi connectivity index (χ0) is 16.4. The van der Waals surface area contributed by atoms with Gasteiger partial charge in [-0.25, -0.2) is 13.3 Å². The van der Waals surface area contributed by atoms with Crippen LogP contribution in [0.25, 0.3) is 0 Å². The van der Waals surface area contributed by atoms with Gasteiger partial charge in [-0.1, -0.05) is 6.07 Å². The summed E-state index contributed by atoms with van der Waals surface area (Å²) in [6, 6.07) is 3.12. The summed E-state index contributed by atoms with van der Waals surface area (Å²) in [5, 5.41) is 11.0. The fraction of sp³-hybridized carbons (Fsp3) is 0.688. The Labute approximate surface area is 134 Å². The highest BCUT2D eigenvalue weighted by Crippen LogP contribution is 2.39. The lowest BCUT2D eigenvalue weighted by Gasteiger charge is -2.41. The van der Waals surface area contributed by atoms with Crippen LogP contribution in [0.15, 0.2) is 24.5 Å². The summed E-state index contributed by atoms with van der Waals surface area (Å²) < 4.78 is 28.5. The largest absolute Gasteiger partial charge is 0.388 e. The summed E-state index contributed by atoms with van der Waals surface area (Å²) in [6.07, 6.45) is 3.82. The SMILES string of the molecule is CC(C)(C)S(=O)N[C@@H](c1cccnc1)C1(O)CCC(F)CC1. The molecule has 0 amide bonds. The second-order valence-electron chi connectivity index (χ2n) is 7.00. The van der Waals surface area contributed by atoms with Crippen molar-refractivity contribution in [2.24, 2.45) is 0 Å². The van der Waals surface area contributed by atoms with Gasteiger partial charge in [0.15, 0.2) is 0 Å². The van der Waals surface area contributed by atoms with E-state index in [1.165, 1.54) is 0 Å². The first kappa shape index (κ1) is 17.5. The Bertz CT molecular complexity index is 511. The second kappa shape index (κ2) is 6.72. The van der Waals surface area contributed by atoms with Gasteiger partial charge in [0, 0.05) is 12.4 Å². The fourth-order valence-electron chi connectivity index (χ4n) is 2.69. The zero-order valence-electron chi connectivity index (χ0n) is 13.4. The number of pyridine rings is 1. The minimum Gasteiger partial charge on any atom is -0.388 e. The number of aromatic nitrogens is 1. The highest BCUT2D eigenvalue weighted by Gasteiger charge is 2.42. The molecule has 22 heavy (non-hydrogen) atoms. The van der Waals surface area contributed by atoms with Gasteiger partial charge in [0.05, 0.1) is 27.4 Å². The van der Waals surface area contributed by atoms with E-state index in [0.717, 1.165) is 5.56 Å². The third kappa shape index (κ3) is 4.12. The van der Waals surface area contributed by atoms with Gasteiger partial charge >= 0.3 is 0 Å². The zero-order valence-corrected chi connectivity index (χ0v) is 14.2. The second-order valence-corrected chi connectivity index (χ2v) is 8.99. The van der Waals surface area contributed by atoms with E-state index in [1.807, 2.05) is 26.8 Å². The van der Waals surface area contributed by atoms with Gasteiger partial charge in [0.2, 0.25) is 0 Å². The van der Waals surface area contributed by atoms with Crippen LogP contribution in [0, 0.1) is 0 Å². The van der Waals surface area contributed by atoms with Crippen molar-refractivity contribution in [2.75, 3.05) is 0 Å². The van der Waals surface area contributed by atoms with Crippen LogP contribution in [0.2, 0.25) is 0 Å². The van der Waals surface area contributed by atoms with Crippen LogP contribution in [0.5, 0.6) is 0 Å². The van der Waals surface area contributed by atoms with Crippen LogP contribution in [-0.4, -0.2) is 30.8 Å². The maximum atomic E-state index is 13.4. The number of aliphatic hydroxyl groups is 1. The van der Waals surface area contributed by atoms with Crippen molar-refractivity contribution in [2.45, 2.75) is 69.0 Å². The van der Waals surface area contributed by atoms with Crippen LogP contribution in [0.1, 0.15) is 58.1 Å². The summed E-state index contributed by atoms with van der Waals surface area (Å²) in [7, 11) is -1.34. The molecule has 0 aromatic carbocycles. The van der Waals surface area contributed by atoms with Crippen LogP contribution in [0.3, 0.4) is 0 Å². The van der Waals surface area contributed by atoms with Crippen LogP contribution in [-0.2, 0) is 11.0 Å². The Morgan fingerprint density at radius 1 is 1.45 bits per heavy atom. The van der Waals surface area contributed by atoms with E-state index in [0.29, 0.717) is 25.7 Å². The maximum absolute atomic E-state index is 13.4. The third-order valence-electron chi connectivity index (χ3n) is 4.12. The van der Waals surface area contributed by atoms with Crippen molar-refractivity contribution in [1.82, 2.24) is 9.71 Å². The van der Waals surface area contributed by atoms with E-state index in [-0.39, 0.29) is 0 Å². The van der Waals surface area contributed by atoms with Crippen LogP contribution < -0.4 is 4.72 Å². The highest BCUT2D eigenvalue weighted by molar-refractivity contribution is 7.84. The molecule has 0 bridgehead atoms. The molecule has 1 heterocycles. The molecule has 6 heteroatoms. The highest BCUT2D eigenvalue weighted by atomic mass is 32.2. The Morgan fingerprint density at radius 2 is 2.09 bits per heavy atom. The number of halogens is 1. The topological polar surface area (TPSA) is 62.2 Å². The fourth-order valence-corrected chi connectivity index (χ4v) is 3.61. The number of nitrogens with zero attached hydrogens (tertiary/aromatic N) is 1. The molecule has 1 aliphatic carbocycles. The van der Waals surface area contributed by atoms with Crippen molar-refractivity contribution >= 4 is 11.0 Å². The molecule has 1 fully saturated rings. The first-order valence-electron chi connectivity index (χ1n) is 7.67. The normalized spacial score (nSPS) is 29.0. The van der Waals surface area contributed by atoms with E-state index in [1.54, 1.807) is 18.5 Å².